The number of hydrogen-bond acceptors (Lipinski definition) is 2. The Morgan fingerprint density at radius 1 is 1.50 bits per heavy atom. The summed E-state index contributed by atoms with van der Waals surface area (Å²) in [5, 5.41) is 10.8. The lowest BCUT2D eigenvalue weighted by Crippen LogP contribution is -2.38. The third-order valence-electron chi connectivity index (χ3n) is 1.97. The fraction of sp³-hybridized carbons (Fsp3) is 0.333. The van der Waals surface area contributed by atoms with Crippen molar-refractivity contribution in [3.63, 3.8) is 0 Å². The number of carbonyl (C=O) groups excluding carboxylic acids is 1. The average Bonchev–Trinajstić information content (AvgIpc) is 2.28. The van der Waals surface area contributed by atoms with Crippen LogP contribution in [-0.2, 0) is 9.59 Å². The summed E-state index contributed by atoms with van der Waals surface area (Å²) in [6, 6.07) is -1.06. The van der Waals surface area contributed by atoms with Gasteiger partial charge in [0.1, 0.15) is 18.5 Å². The van der Waals surface area contributed by atoms with Crippen LogP contribution >= 0.6 is 0 Å². The quantitative estimate of drug-likeness (QED) is 0.686. The number of hydrogen-bond donors (Lipinski definition) is 2. The molecule has 1 atom stereocenters. The molecule has 0 aliphatic carbocycles. The number of halogens is 2. The summed E-state index contributed by atoms with van der Waals surface area (Å²) >= 11 is 0. The van der Waals surface area contributed by atoms with Gasteiger partial charge in [-0.05, 0) is 30.7 Å². The van der Waals surface area contributed by atoms with Crippen LogP contribution in [0.15, 0.2) is 36.2 Å². The van der Waals surface area contributed by atoms with E-state index < -0.39 is 30.4 Å². The largest absolute Gasteiger partial charge is 0.480 e. The summed E-state index contributed by atoms with van der Waals surface area (Å²) in [4.78, 5) is 21.9. The zero-order valence-electron chi connectivity index (χ0n) is 9.95. The third-order valence-corrected chi connectivity index (χ3v) is 1.97. The molecule has 0 aromatic rings. The van der Waals surface area contributed by atoms with E-state index in [-0.39, 0.29) is 12.0 Å². The van der Waals surface area contributed by atoms with Crippen molar-refractivity contribution < 1.29 is 23.5 Å². The highest BCUT2D eigenvalue weighted by Crippen LogP contribution is 2.09. The van der Waals surface area contributed by atoms with Crippen molar-refractivity contribution in [1.82, 2.24) is 5.32 Å². The van der Waals surface area contributed by atoms with Crippen LogP contribution < -0.4 is 5.32 Å². The van der Waals surface area contributed by atoms with Crippen molar-refractivity contribution in [2.24, 2.45) is 0 Å². The molecule has 18 heavy (non-hydrogen) atoms. The number of alkyl halides is 1. The molecule has 4 nitrogen and oxygen atoms in total. The molecule has 0 radical (unpaired) electrons. The molecule has 0 spiro atoms. The zero-order valence-corrected chi connectivity index (χ0v) is 9.95. The minimum absolute atomic E-state index is 0.116. The number of carboxylic acids is 1. The first-order valence-corrected chi connectivity index (χ1v) is 5.17. The Morgan fingerprint density at radius 2 is 2.11 bits per heavy atom. The highest BCUT2D eigenvalue weighted by atomic mass is 19.1. The van der Waals surface area contributed by atoms with E-state index in [2.05, 4.69) is 11.9 Å². The molecule has 6 heteroatoms. The Morgan fingerprint density at radius 3 is 2.56 bits per heavy atom. The van der Waals surface area contributed by atoms with E-state index in [1.807, 2.05) is 0 Å². The molecule has 0 heterocycles. The maximum absolute atomic E-state index is 12.9. The minimum Gasteiger partial charge on any atom is -0.480 e. The Labute approximate surface area is 104 Å². The summed E-state index contributed by atoms with van der Waals surface area (Å²) in [6.45, 7) is 3.62. The zero-order chi connectivity index (χ0) is 14.1. The van der Waals surface area contributed by atoms with Gasteiger partial charge >= 0.3 is 5.97 Å². The number of allylic oxidation sites excluding steroid dienone is 4. The van der Waals surface area contributed by atoms with Crippen LogP contribution in [0.25, 0.3) is 0 Å². The third kappa shape index (κ3) is 6.57. The van der Waals surface area contributed by atoms with Gasteiger partial charge in [-0.1, -0.05) is 6.58 Å². The van der Waals surface area contributed by atoms with Gasteiger partial charge in [0.15, 0.2) is 0 Å². The van der Waals surface area contributed by atoms with Crippen LogP contribution in [0.1, 0.15) is 13.3 Å². The highest BCUT2D eigenvalue weighted by molar-refractivity contribution is 5.84. The standard InChI is InChI=1S/C12H15F2NO3/c1-3-10(14)6-9(4-5-13)7-11(16)15-8(2)12(17)18/h3-4,6,8H,1,5,7H2,2H3,(H,15,16)(H,17,18)/b9-4+,10-6+. The molecular weight excluding hydrogens is 244 g/mol. The van der Waals surface area contributed by atoms with Crippen LogP contribution in [0.5, 0.6) is 0 Å². The first kappa shape index (κ1) is 16.0. The summed E-state index contributed by atoms with van der Waals surface area (Å²) < 4.78 is 25.1. The molecule has 0 aliphatic rings. The fourth-order valence-corrected chi connectivity index (χ4v) is 1.06. The topological polar surface area (TPSA) is 66.4 Å². The first-order valence-electron chi connectivity index (χ1n) is 5.17. The van der Waals surface area contributed by atoms with Crippen molar-refractivity contribution in [3.8, 4) is 0 Å². The van der Waals surface area contributed by atoms with Crippen LogP contribution in [0.3, 0.4) is 0 Å². The molecule has 0 aromatic heterocycles. The monoisotopic (exact) mass is 259 g/mol. The molecule has 1 unspecified atom stereocenters. The lowest BCUT2D eigenvalue weighted by Gasteiger charge is -2.09. The van der Waals surface area contributed by atoms with E-state index >= 15 is 0 Å². The first-order chi connectivity index (χ1) is 8.40. The minimum atomic E-state index is -1.19. The van der Waals surface area contributed by atoms with Crippen molar-refractivity contribution in [2.45, 2.75) is 19.4 Å². The van der Waals surface area contributed by atoms with E-state index in [4.69, 9.17) is 5.11 Å². The lowest BCUT2D eigenvalue weighted by atomic mass is 10.1. The number of rotatable bonds is 7. The molecule has 0 aromatic carbocycles. The number of aliphatic carboxylic acids is 1. The van der Waals surface area contributed by atoms with Gasteiger partial charge < -0.3 is 10.4 Å². The molecule has 0 rings (SSSR count). The number of carbonyl (C=O) groups is 2. The predicted molar refractivity (Wildman–Crippen MR) is 63.3 cm³/mol. The SMILES string of the molecule is C=C/C(F)=C\C(=C/CF)CC(=O)NC(C)C(=O)O. The smallest absolute Gasteiger partial charge is 0.325 e. The maximum Gasteiger partial charge on any atom is 0.325 e. The van der Waals surface area contributed by atoms with Gasteiger partial charge in [0.25, 0.3) is 0 Å². The second-order valence-electron chi connectivity index (χ2n) is 3.47. The van der Waals surface area contributed by atoms with Crippen molar-refractivity contribution in [1.29, 1.82) is 0 Å². The fourth-order valence-electron chi connectivity index (χ4n) is 1.06. The van der Waals surface area contributed by atoms with Crippen molar-refractivity contribution in [2.75, 3.05) is 6.67 Å². The molecule has 0 fully saturated rings. The van der Waals surface area contributed by atoms with Crippen LogP contribution in [0.4, 0.5) is 8.78 Å². The summed E-state index contributed by atoms with van der Waals surface area (Å²) in [7, 11) is 0. The van der Waals surface area contributed by atoms with E-state index in [1.54, 1.807) is 0 Å². The molecule has 0 saturated heterocycles. The second kappa shape index (κ2) is 8.16. The van der Waals surface area contributed by atoms with Gasteiger partial charge in [-0.15, -0.1) is 0 Å². The van der Waals surface area contributed by atoms with E-state index in [1.165, 1.54) is 6.92 Å². The Kier molecular flexibility index (Phi) is 7.26. The Hall–Kier alpha value is -1.98. The Balaban J connectivity index is 4.62. The molecule has 2 N–H and O–H groups in total. The van der Waals surface area contributed by atoms with Gasteiger partial charge in [0.2, 0.25) is 5.91 Å². The second-order valence-corrected chi connectivity index (χ2v) is 3.47. The van der Waals surface area contributed by atoms with E-state index in [0.29, 0.717) is 0 Å². The maximum atomic E-state index is 12.9. The number of amides is 1. The number of carboxylic acid groups (broad SMARTS) is 1. The van der Waals surface area contributed by atoms with Crippen LogP contribution in [0, 0.1) is 0 Å². The average molecular weight is 259 g/mol. The molecule has 0 saturated carbocycles. The van der Waals surface area contributed by atoms with E-state index in [9.17, 15) is 18.4 Å². The van der Waals surface area contributed by atoms with Crippen LogP contribution in [-0.4, -0.2) is 29.7 Å². The predicted octanol–water partition coefficient (Wildman–Crippen LogP) is 1.90. The molecule has 1 amide bonds. The van der Waals surface area contributed by atoms with Crippen molar-refractivity contribution in [3.05, 3.63) is 36.2 Å². The van der Waals surface area contributed by atoms with Gasteiger partial charge in [-0.3, -0.25) is 9.59 Å². The lowest BCUT2D eigenvalue weighted by molar-refractivity contribution is -0.141. The number of nitrogens with one attached hydrogen (secondary N) is 1. The Bertz CT molecular complexity index is 389. The highest BCUT2D eigenvalue weighted by Gasteiger charge is 2.14. The molecule has 0 aliphatic heterocycles. The van der Waals surface area contributed by atoms with E-state index in [0.717, 1.165) is 18.2 Å². The molecule has 100 valence electrons. The molecular formula is C12H15F2NO3. The normalized spacial score (nSPS) is 13.9. The summed E-state index contributed by atoms with van der Waals surface area (Å²) in [5.41, 5.74) is 0.116. The van der Waals surface area contributed by atoms with Crippen LogP contribution in [0.2, 0.25) is 0 Å². The summed E-state index contributed by atoms with van der Waals surface area (Å²) in [5.74, 6) is -2.52. The van der Waals surface area contributed by atoms with Gasteiger partial charge in [-0.2, -0.15) is 0 Å². The van der Waals surface area contributed by atoms with Gasteiger partial charge in [0.05, 0.1) is 6.42 Å². The van der Waals surface area contributed by atoms with Gasteiger partial charge in [-0.25, -0.2) is 8.78 Å². The van der Waals surface area contributed by atoms with Gasteiger partial charge in [0, 0.05) is 0 Å². The summed E-state index contributed by atoms with van der Waals surface area (Å²) in [6.07, 6.45) is 2.62. The molecule has 0 bridgehead atoms. The van der Waals surface area contributed by atoms with Crippen molar-refractivity contribution >= 4 is 11.9 Å².